The minimum Gasteiger partial charge on any atom is -0.493 e. The molecule has 1 aliphatic rings. The van der Waals surface area contributed by atoms with Crippen LogP contribution in [0.5, 0.6) is 11.5 Å². The summed E-state index contributed by atoms with van der Waals surface area (Å²) >= 11 is 0. The van der Waals surface area contributed by atoms with Gasteiger partial charge in [0.2, 0.25) is 5.91 Å². The SMILES string of the molecule is COc1ccc(C(=O)C(C#N)C(=O)N2CCCCC2)cc1OC. The van der Waals surface area contributed by atoms with E-state index in [-0.39, 0.29) is 5.56 Å². The number of nitrogens with zero attached hydrogens (tertiary/aromatic N) is 2. The molecule has 23 heavy (non-hydrogen) atoms. The molecule has 0 aliphatic carbocycles. The van der Waals surface area contributed by atoms with E-state index in [2.05, 4.69) is 0 Å². The van der Waals surface area contributed by atoms with Gasteiger partial charge >= 0.3 is 0 Å². The second-order valence-electron chi connectivity index (χ2n) is 5.38. The van der Waals surface area contributed by atoms with Crippen LogP contribution in [0.3, 0.4) is 0 Å². The van der Waals surface area contributed by atoms with Gasteiger partial charge in [-0.15, -0.1) is 0 Å². The van der Waals surface area contributed by atoms with Crippen LogP contribution < -0.4 is 9.47 Å². The molecule has 1 atom stereocenters. The molecule has 1 aliphatic heterocycles. The quantitative estimate of drug-likeness (QED) is 0.613. The second-order valence-corrected chi connectivity index (χ2v) is 5.38. The molecule has 6 nitrogen and oxygen atoms in total. The number of carbonyl (C=O) groups is 2. The van der Waals surface area contributed by atoms with Crippen molar-refractivity contribution in [3.05, 3.63) is 23.8 Å². The summed E-state index contributed by atoms with van der Waals surface area (Å²) in [6.07, 6.45) is 2.90. The van der Waals surface area contributed by atoms with Crippen molar-refractivity contribution < 1.29 is 19.1 Å². The van der Waals surface area contributed by atoms with E-state index in [9.17, 15) is 14.9 Å². The highest BCUT2D eigenvalue weighted by Crippen LogP contribution is 2.28. The molecule has 6 heteroatoms. The first-order valence-electron chi connectivity index (χ1n) is 7.57. The number of hydrogen-bond donors (Lipinski definition) is 0. The molecule has 1 heterocycles. The third-order valence-electron chi connectivity index (χ3n) is 3.97. The van der Waals surface area contributed by atoms with Crippen molar-refractivity contribution in [2.45, 2.75) is 19.3 Å². The number of rotatable bonds is 5. The van der Waals surface area contributed by atoms with Crippen molar-refractivity contribution in [1.29, 1.82) is 5.26 Å². The smallest absolute Gasteiger partial charge is 0.247 e. The van der Waals surface area contributed by atoms with Crippen LogP contribution in [0.1, 0.15) is 29.6 Å². The van der Waals surface area contributed by atoms with Crippen molar-refractivity contribution in [2.75, 3.05) is 27.3 Å². The van der Waals surface area contributed by atoms with E-state index in [0.29, 0.717) is 24.6 Å². The third kappa shape index (κ3) is 3.62. The molecule has 1 aromatic carbocycles. The van der Waals surface area contributed by atoms with E-state index in [1.54, 1.807) is 11.0 Å². The monoisotopic (exact) mass is 316 g/mol. The molecule has 1 fully saturated rings. The van der Waals surface area contributed by atoms with Crippen LogP contribution in [0.4, 0.5) is 0 Å². The van der Waals surface area contributed by atoms with E-state index < -0.39 is 17.6 Å². The molecule has 1 saturated heterocycles. The van der Waals surface area contributed by atoms with E-state index >= 15 is 0 Å². The van der Waals surface area contributed by atoms with Gasteiger partial charge in [-0.3, -0.25) is 9.59 Å². The number of ether oxygens (including phenoxy) is 2. The molecule has 0 aromatic heterocycles. The summed E-state index contributed by atoms with van der Waals surface area (Å²) in [5, 5.41) is 9.31. The summed E-state index contributed by atoms with van der Waals surface area (Å²) in [6, 6.07) is 6.47. The number of likely N-dealkylation sites (tertiary alicyclic amines) is 1. The van der Waals surface area contributed by atoms with Gasteiger partial charge in [-0.1, -0.05) is 0 Å². The topological polar surface area (TPSA) is 79.6 Å². The Labute approximate surface area is 135 Å². The zero-order valence-corrected chi connectivity index (χ0v) is 13.4. The average Bonchev–Trinajstić information content (AvgIpc) is 2.62. The molecule has 1 aromatic rings. The lowest BCUT2D eigenvalue weighted by molar-refractivity contribution is -0.133. The zero-order chi connectivity index (χ0) is 16.8. The molecule has 0 saturated carbocycles. The van der Waals surface area contributed by atoms with Crippen LogP contribution in [0.2, 0.25) is 0 Å². The summed E-state index contributed by atoms with van der Waals surface area (Å²) in [5.41, 5.74) is 0.263. The van der Waals surface area contributed by atoms with Crippen molar-refractivity contribution in [1.82, 2.24) is 4.90 Å². The summed E-state index contributed by atoms with van der Waals surface area (Å²) in [7, 11) is 2.96. The van der Waals surface area contributed by atoms with Crippen LogP contribution in [0.25, 0.3) is 0 Å². The minimum absolute atomic E-state index is 0.263. The highest BCUT2D eigenvalue weighted by atomic mass is 16.5. The Morgan fingerprint density at radius 2 is 1.78 bits per heavy atom. The first kappa shape index (κ1) is 16.8. The lowest BCUT2D eigenvalue weighted by Gasteiger charge is -2.28. The molecule has 2 rings (SSSR count). The third-order valence-corrected chi connectivity index (χ3v) is 3.97. The predicted octanol–water partition coefficient (Wildman–Crippen LogP) is 2.04. The fourth-order valence-corrected chi connectivity index (χ4v) is 2.68. The van der Waals surface area contributed by atoms with Crippen LogP contribution >= 0.6 is 0 Å². The van der Waals surface area contributed by atoms with E-state index in [1.807, 2.05) is 6.07 Å². The highest BCUT2D eigenvalue weighted by Gasteiger charge is 2.32. The molecule has 0 spiro atoms. The van der Waals surface area contributed by atoms with Gasteiger partial charge in [-0.25, -0.2) is 0 Å². The summed E-state index contributed by atoms with van der Waals surface area (Å²) in [6.45, 7) is 1.21. The maximum Gasteiger partial charge on any atom is 0.247 e. The van der Waals surface area contributed by atoms with E-state index in [4.69, 9.17) is 9.47 Å². The van der Waals surface area contributed by atoms with Crippen LogP contribution in [0, 0.1) is 17.2 Å². The van der Waals surface area contributed by atoms with Gasteiger partial charge in [0.05, 0.1) is 20.3 Å². The molecule has 0 radical (unpaired) electrons. The molecule has 0 N–H and O–H groups in total. The van der Waals surface area contributed by atoms with Crippen molar-refractivity contribution in [2.24, 2.45) is 5.92 Å². The standard InChI is InChI=1S/C17H20N2O4/c1-22-14-7-6-12(10-15(14)23-2)16(20)13(11-18)17(21)19-8-4-3-5-9-19/h6-7,10,13H,3-5,8-9H2,1-2H3. The van der Waals surface area contributed by atoms with Crippen LogP contribution in [-0.2, 0) is 4.79 Å². The number of amides is 1. The number of methoxy groups -OCH3 is 2. The summed E-state index contributed by atoms with van der Waals surface area (Å²) in [4.78, 5) is 26.6. The largest absolute Gasteiger partial charge is 0.493 e. The summed E-state index contributed by atoms with van der Waals surface area (Å²) < 4.78 is 10.3. The predicted molar refractivity (Wildman–Crippen MR) is 83.4 cm³/mol. The maximum atomic E-state index is 12.6. The Morgan fingerprint density at radius 1 is 1.13 bits per heavy atom. The van der Waals surface area contributed by atoms with Gasteiger partial charge in [-0.2, -0.15) is 5.26 Å². The Hall–Kier alpha value is -2.55. The molecule has 0 bridgehead atoms. The van der Waals surface area contributed by atoms with Gasteiger partial charge < -0.3 is 14.4 Å². The highest BCUT2D eigenvalue weighted by molar-refractivity contribution is 6.12. The molecule has 122 valence electrons. The number of benzene rings is 1. The second kappa shape index (κ2) is 7.63. The number of hydrogen-bond acceptors (Lipinski definition) is 5. The van der Waals surface area contributed by atoms with Gasteiger partial charge in [0.1, 0.15) is 0 Å². The Balaban J connectivity index is 2.22. The van der Waals surface area contributed by atoms with Crippen molar-refractivity contribution in [3.63, 3.8) is 0 Å². The number of piperidine rings is 1. The number of nitriles is 1. The van der Waals surface area contributed by atoms with Crippen molar-refractivity contribution >= 4 is 11.7 Å². The van der Waals surface area contributed by atoms with E-state index in [0.717, 1.165) is 19.3 Å². The van der Waals surface area contributed by atoms with Gasteiger partial charge in [-0.05, 0) is 37.5 Å². The zero-order valence-electron chi connectivity index (χ0n) is 13.4. The Bertz CT molecular complexity index is 630. The van der Waals surface area contributed by atoms with Crippen LogP contribution in [0.15, 0.2) is 18.2 Å². The van der Waals surface area contributed by atoms with Crippen molar-refractivity contribution in [3.8, 4) is 17.6 Å². The maximum absolute atomic E-state index is 12.6. The fraction of sp³-hybridized carbons (Fsp3) is 0.471. The van der Waals surface area contributed by atoms with E-state index in [1.165, 1.54) is 26.4 Å². The van der Waals surface area contributed by atoms with Crippen LogP contribution in [-0.4, -0.2) is 43.9 Å². The number of Topliss-reactive ketones (excluding diaryl/α,β-unsaturated/α-hetero) is 1. The number of carbonyl (C=O) groups excluding carboxylic acids is 2. The normalized spacial score (nSPS) is 15.4. The molecular formula is C17H20N2O4. The van der Waals surface area contributed by atoms with Gasteiger partial charge in [0.15, 0.2) is 23.2 Å². The minimum atomic E-state index is -1.31. The molecular weight excluding hydrogens is 296 g/mol. The number of ketones is 1. The van der Waals surface area contributed by atoms with Gasteiger partial charge in [0.25, 0.3) is 0 Å². The first-order chi connectivity index (χ1) is 11.1. The molecule has 1 unspecified atom stereocenters. The fourth-order valence-electron chi connectivity index (χ4n) is 2.68. The Kier molecular flexibility index (Phi) is 5.58. The Morgan fingerprint density at radius 3 is 2.35 bits per heavy atom. The van der Waals surface area contributed by atoms with Gasteiger partial charge in [0, 0.05) is 18.7 Å². The lowest BCUT2D eigenvalue weighted by Crippen LogP contribution is -2.41. The first-order valence-corrected chi connectivity index (χ1v) is 7.57. The molecule has 1 amide bonds. The summed E-state index contributed by atoms with van der Waals surface area (Å²) in [5.74, 6) is -1.36. The average molecular weight is 316 g/mol. The lowest BCUT2D eigenvalue weighted by atomic mass is 9.96.